The van der Waals surface area contributed by atoms with Gasteiger partial charge in [-0.1, -0.05) is 24.8 Å². The molecule has 0 radical (unpaired) electrons. The van der Waals surface area contributed by atoms with E-state index >= 15 is 0 Å². The fraction of sp³-hybridized carbons (Fsp3) is 0.0909. The molecular formula is C11H10N2O. The topological polar surface area (TPSA) is 44.1 Å². The zero-order valence-corrected chi connectivity index (χ0v) is 7.90. The van der Waals surface area contributed by atoms with Crippen molar-refractivity contribution < 1.29 is 4.79 Å². The van der Waals surface area contributed by atoms with Crippen molar-refractivity contribution in [2.45, 2.75) is 0 Å². The van der Waals surface area contributed by atoms with Crippen LogP contribution in [0, 0.1) is 11.3 Å². The Morgan fingerprint density at radius 3 is 2.50 bits per heavy atom. The number of para-hydroxylation sites is 1. The first-order chi connectivity index (χ1) is 6.66. The van der Waals surface area contributed by atoms with Crippen LogP contribution in [0.15, 0.2) is 42.5 Å². The van der Waals surface area contributed by atoms with Crippen LogP contribution >= 0.6 is 0 Å². The van der Waals surface area contributed by atoms with E-state index in [2.05, 4.69) is 6.58 Å². The first-order valence-corrected chi connectivity index (χ1v) is 4.09. The molecule has 0 fully saturated rings. The van der Waals surface area contributed by atoms with Gasteiger partial charge in [0, 0.05) is 12.7 Å². The second-order valence-corrected chi connectivity index (χ2v) is 2.79. The third-order valence-electron chi connectivity index (χ3n) is 1.84. The molecule has 0 aliphatic heterocycles. The fourth-order valence-electron chi connectivity index (χ4n) is 1.02. The van der Waals surface area contributed by atoms with E-state index in [0.29, 0.717) is 0 Å². The van der Waals surface area contributed by atoms with Gasteiger partial charge in [0.1, 0.15) is 11.6 Å². The lowest BCUT2D eigenvalue weighted by Gasteiger charge is -2.15. The lowest BCUT2D eigenvalue weighted by Crippen LogP contribution is -2.26. The molecule has 0 saturated heterocycles. The van der Waals surface area contributed by atoms with Crippen molar-refractivity contribution in [1.29, 1.82) is 5.26 Å². The first kappa shape index (κ1) is 10.0. The number of rotatable bonds is 2. The third-order valence-corrected chi connectivity index (χ3v) is 1.84. The summed E-state index contributed by atoms with van der Waals surface area (Å²) in [6.07, 6.45) is 0. The van der Waals surface area contributed by atoms with E-state index < -0.39 is 0 Å². The minimum atomic E-state index is -0.376. The van der Waals surface area contributed by atoms with Gasteiger partial charge in [-0.05, 0) is 12.1 Å². The highest BCUT2D eigenvalue weighted by molar-refractivity contribution is 6.07. The summed E-state index contributed by atoms with van der Waals surface area (Å²) in [7, 11) is 1.61. The van der Waals surface area contributed by atoms with E-state index in [1.54, 1.807) is 25.2 Å². The van der Waals surface area contributed by atoms with Gasteiger partial charge >= 0.3 is 0 Å². The summed E-state index contributed by atoms with van der Waals surface area (Å²) in [6, 6.07) is 10.8. The summed E-state index contributed by atoms with van der Waals surface area (Å²) in [5.74, 6) is -0.376. The highest BCUT2D eigenvalue weighted by Gasteiger charge is 2.13. The molecule has 0 N–H and O–H groups in total. The minimum absolute atomic E-state index is 0.0589. The SMILES string of the molecule is C=C(C#N)C(=O)N(C)c1ccccc1. The van der Waals surface area contributed by atoms with Gasteiger partial charge in [-0.2, -0.15) is 5.26 Å². The summed E-state index contributed by atoms with van der Waals surface area (Å²) in [6.45, 7) is 3.37. The van der Waals surface area contributed by atoms with E-state index in [0.717, 1.165) is 5.69 Å². The van der Waals surface area contributed by atoms with Crippen LogP contribution in [-0.4, -0.2) is 13.0 Å². The van der Waals surface area contributed by atoms with Gasteiger partial charge in [0.25, 0.3) is 5.91 Å². The molecule has 0 heterocycles. The fourth-order valence-corrected chi connectivity index (χ4v) is 1.02. The number of nitrogens with zero attached hydrogens (tertiary/aromatic N) is 2. The van der Waals surface area contributed by atoms with E-state index in [9.17, 15) is 4.79 Å². The predicted octanol–water partition coefficient (Wildman–Crippen LogP) is 1.73. The number of amides is 1. The molecule has 1 aromatic carbocycles. The maximum atomic E-state index is 11.5. The van der Waals surface area contributed by atoms with Crippen molar-refractivity contribution >= 4 is 11.6 Å². The third kappa shape index (κ3) is 1.99. The number of hydrogen-bond donors (Lipinski definition) is 0. The minimum Gasteiger partial charge on any atom is -0.311 e. The average molecular weight is 186 g/mol. The summed E-state index contributed by atoms with van der Waals surface area (Å²) in [5.41, 5.74) is 0.685. The lowest BCUT2D eigenvalue weighted by atomic mass is 10.2. The number of nitriles is 1. The second-order valence-electron chi connectivity index (χ2n) is 2.79. The smallest absolute Gasteiger partial charge is 0.268 e. The largest absolute Gasteiger partial charge is 0.311 e. The quantitative estimate of drug-likeness (QED) is 0.521. The van der Waals surface area contributed by atoms with Gasteiger partial charge in [-0.3, -0.25) is 4.79 Å². The van der Waals surface area contributed by atoms with Crippen molar-refractivity contribution in [2.24, 2.45) is 0 Å². The zero-order chi connectivity index (χ0) is 10.6. The standard InChI is InChI=1S/C11H10N2O/c1-9(8-12)11(14)13(2)10-6-4-3-5-7-10/h3-7H,1H2,2H3. The van der Waals surface area contributed by atoms with Crippen LogP contribution in [-0.2, 0) is 4.79 Å². The van der Waals surface area contributed by atoms with Gasteiger partial charge in [0.05, 0.1) is 0 Å². The number of likely N-dealkylation sites (N-methyl/N-ethyl adjacent to an activating group) is 1. The highest BCUT2D eigenvalue weighted by atomic mass is 16.2. The lowest BCUT2D eigenvalue weighted by molar-refractivity contribution is -0.114. The molecule has 1 aromatic rings. The molecule has 0 saturated carbocycles. The molecule has 0 unspecified atom stereocenters. The van der Waals surface area contributed by atoms with Crippen LogP contribution in [0.4, 0.5) is 5.69 Å². The van der Waals surface area contributed by atoms with E-state index in [4.69, 9.17) is 5.26 Å². The molecule has 0 spiro atoms. The monoisotopic (exact) mass is 186 g/mol. The number of hydrogen-bond acceptors (Lipinski definition) is 2. The van der Waals surface area contributed by atoms with Gasteiger partial charge in [0.15, 0.2) is 0 Å². The molecule has 14 heavy (non-hydrogen) atoms. The Labute approximate surface area is 82.9 Å². The molecular weight excluding hydrogens is 176 g/mol. The molecule has 70 valence electrons. The summed E-state index contributed by atoms with van der Waals surface area (Å²) in [5, 5.41) is 8.50. The van der Waals surface area contributed by atoms with Gasteiger partial charge in [0.2, 0.25) is 0 Å². The second kappa shape index (κ2) is 4.24. The molecule has 0 aliphatic rings. The van der Waals surface area contributed by atoms with E-state index in [1.807, 2.05) is 18.2 Å². The molecule has 1 amide bonds. The Kier molecular flexibility index (Phi) is 3.03. The molecule has 0 atom stereocenters. The van der Waals surface area contributed by atoms with Gasteiger partial charge in [-0.25, -0.2) is 0 Å². The Morgan fingerprint density at radius 2 is 2.00 bits per heavy atom. The Morgan fingerprint density at radius 1 is 1.43 bits per heavy atom. The average Bonchev–Trinajstić information content (AvgIpc) is 2.27. The molecule has 3 nitrogen and oxygen atoms in total. The van der Waals surface area contributed by atoms with Crippen molar-refractivity contribution in [3.05, 3.63) is 42.5 Å². The maximum Gasteiger partial charge on any atom is 0.268 e. The Bertz CT molecular complexity index is 389. The Balaban J connectivity index is 2.88. The first-order valence-electron chi connectivity index (χ1n) is 4.09. The molecule has 3 heteroatoms. The van der Waals surface area contributed by atoms with E-state index in [1.165, 1.54) is 4.90 Å². The van der Waals surface area contributed by atoms with Gasteiger partial charge in [-0.15, -0.1) is 0 Å². The maximum absolute atomic E-state index is 11.5. The zero-order valence-electron chi connectivity index (χ0n) is 7.90. The van der Waals surface area contributed by atoms with Crippen LogP contribution in [0.2, 0.25) is 0 Å². The highest BCUT2D eigenvalue weighted by Crippen LogP contribution is 2.12. The van der Waals surface area contributed by atoms with E-state index in [-0.39, 0.29) is 11.5 Å². The van der Waals surface area contributed by atoms with Crippen LogP contribution in [0.3, 0.4) is 0 Å². The molecule has 0 aliphatic carbocycles. The Hall–Kier alpha value is -2.08. The summed E-state index contributed by atoms with van der Waals surface area (Å²) < 4.78 is 0. The van der Waals surface area contributed by atoms with Crippen LogP contribution < -0.4 is 4.90 Å². The molecule has 0 aromatic heterocycles. The van der Waals surface area contributed by atoms with Crippen molar-refractivity contribution in [1.82, 2.24) is 0 Å². The van der Waals surface area contributed by atoms with Crippen molar-refractivity contribution in [2.75, 3.05) is 11.9 Å². The number of benzene rings is 1. The normalized spacial score (nSPS) is 8.86. The number of carbonyl (C=O) groups excluding carboxylic acids is 1. The molecule has 0 bridgehead atoms. The summed E-state index contributed by atoms with van der Waals surface area (Å²) in [4.78, 5) is 12.9. The summed E-state index contributed by atoms with van der Waals surface area (Å²) >= 11 is 0. The van der Waals surface area contributed by atoms with Gasteiger partial charge < -0.3 is 4.90 Å². The predicted molar refractivity (Wildman–Crippen MR) is 54.6 cm³/mol. The van der Waals surface area contributed by atoms with Crippen molar-refractivity contribution in [3.63, 3.8) is 0 Å². The number of anilines is 1. The van der Waals surface area contributed by atoms with Crippen LogP contribution in [0.1, 0.15) is 0 Å². The van der Waals surface area contributed by atoms with Crippen molar-refractivity contribution in [3.8, 4) is 6.07 Å². The van der Waals surface area contributed by atoms with Crippen LogP contribution in [0.25, 0.3) is 0 Å². The van der Waals surface area contributed by atoms with Crippen LogP contribution in [0.5, 0.6) is 0 Å². The number of carbonyl (C=O) groups is 1. The molecule has 1 rings (SSSR count).